The zero-order valence-electron chi connectivity index (χ0n) is 10.4. The second-order valence-corrected chi connectivity index (χ2v) is 5.71. The number of hydrogen-bond acceptors (Lipinski definition) is 2. The van der Waals surface area contributed by atoms with Gasteiger partial charge >= 0.3 is 6.09 Å². The van der Waals surface area contributed by atoms with Crippen LogP contribution in [0.2, 0.25) is 0 Å². The van der Waals surface area contributed by atoms with Gasteiger partial charge in [0.25, 0.3) is 0 Å². The Labute approximate surface area is 111 Å². The van der Waals surface area contributed by atoms with Crippen molar-refractivity contribution in [2.75, 3.05) is 6.61 Å². The summed E-state index contributed by atoms with van der Waals surface area (Å²) < 4.78 is 6.15. The monoisotopic (exact) mass is 299 g/mol. The van der Waals surface area contributed by atoms with E-state index in [-0.39, 0.29) is 11.6 Å². The van der Waals surface area contributed by atoms with Crippen LogP contribution in [-0.4, -0.2) is 18.2 Å². The minimum atomic E-state index is -0.371. The number of rotatable bonds is 3. The average Bonchev–Trinajstić information content (AvgIpc) is 2.18. The Kier molecular flexibility index (Phi) is 5.00. The SMILES string of the molecule is CC(C)(C)NC(=O)OCCc1ccccc1Br. The van der Waals surface area contributed by atoms with Crippen molar-refractivity contribution in [2.24, 2.45) is 0 Å². The Morgan fingerprint density at radius 1 is 1.35 bits per heavy atom. The van der Waals surface area contributed by atoms with Crippen molar-refractivity contribution in [1.29, 1.82) is 0 Å². The number of alkyl carbamates (subject to hydrolysis) is 1. The van der Waals surface area contributed by atoms with Crippen molar-refractivity contribution in [3.8, 4) is 0 Å². The highest BCUT2D eigenvalue weighted by molar-refractivity contribution is 9.10. The van der Waals surface area contributed by atoms with Gasteiger partial charge in [0.1, 0.15) is 0 Å². The van der Waals surface area contributed by atoms with Crippen molar-refractivity contribution >= 4 is 22.0 Å². The summed E-state index contributed by atoms with van der Waals surface area (Å²) in [5.41, 5.74) is 0.876. The molecule has 0 radical (unpaired) electrons. The molecule has 0 unspecified atom stereocenters. The van der Waals surface area contributed by atoms with E-state index in [1.807, 2.05) is 45.0 Å². The van der Waals surface area contributed by atoms with Gasteiger partial charge in [0.2, 0.25) is 0 Å². The van der Waals surface area contributed by atoms with Crippen LogP contribution >= 0.6 is 15.9 Å². The molecule has 0 aliphatic heterocycles. The molecule has 94 valence electrons. The maximum atomic E-state index is 11.4. The molecule has 1 aromatic rings. The summed E-state index contributed by atoms with van der Waals surface area (Å²) in [6.45, 7) is 6.14. The summed E-state index contributed by atoms with van der Waals surface area (Å²) in [6, 6.07) is 7.91. The number of halogens is 1. The van der Waals surface area contributed by atoms with E-state index in [4.69, 9.17) is 4.74 Å². The third-order valence-electron chi connectivity index (χ3n) is 2.04. The number of carbonyl (C=O) groups excluding carboxylic acids is 1. The molecule has 0 fully saturated rings. The highest BCUT2D eigenvalue weighted by Crippen LogP contribution is 2.16. The van der Waals surface area contributed by atoms with Crippen LogP contribution in [0.4, 0.5) is 4.79 Å². The van der Waals surface area contributed by atoms with E-state index in [0.717, 1.165) is 10.0 Å². The molecule has 0 heterocycles. The molecule has 4 heteroatoms. The zero-order valence-corrected chi connectivity index (χ0v) is 12.0. The Morgan fingerprint density at radius 2 is 2.00 bits per heavy atom. The van der Waals surface area contributed by atoms with Gasteiger partial charge in [-0.05, 0) is 32.4 Å². The van der Waals surface area contributed by atoms with E-state index < -0.39 is 0 Å². The second-order valence-electron chi connectivity index (χ2n) is 4.85. The lowest BCUT2D eigenvalue weighted by Crippen LogP contribution is -2.41. The summed E-state index contributed by atoms with van der Waals surface area (Å²) in [6.07, 6.45) is 0.337. The molecule has 0 atom stereocenters. The lowest BCUT2D eigenvalue weighted by molar-refractivity contribution is 0.139. The molecular formula is C13H18BrNO2. The lowest BCUT2D eigenvalue weighted by atomic mass is 10.1. The fourth-order valence-corrected chi connectivity index (χ4v) is 1.78. The molecule has 0 spiro atoms. The van der Waals surface area contributed by atoms with E-state index in [0.29, 0.717) is 13.0 Å². The fourth-order valence-electron chi connectivity index (χ4n) is 1.30. The third-order valence-corrected chi connectivity index (χ3v) is 2.81. The summed E-state index contributed by atoms with van der Waals surface area (Å²) in [7, 11) is 0. The Balaban J connectivity index is 2.34. The van der Waals surface area contributed by atoms with Crippen molar-refractivity contribution in [2.45, 2.75) is 32.7 Å². The van der Waals surface area contributed by atoms with Crippen LogP contribution in [0.1, 0.15) is 26.3 Å². The second kappa shape index (κ2) is 6.05. The van der Waals surface area contributed by atoms with Crippen LogP contribution in [0, 0.1) is 0 Å². The van der Waals surface area contributed by atoms with E-state index in [1.165, 1.54) is 0 Å². The third kappa shape index (κ3) is 5.73. The van der Waals surface area contributed by atoms with Crippen LogP contribution in [0.5, 0.6) is 0 Å². The van der Waals surface area contributed by atoms with Gasteiger partial charge in [-0.3, -0.25) is 0 Å². The van der Waals surface area contributed by atoms with Crippen LogP contribution in [0.25, 0.3) is 0 Å². The zero-order chi connectivity index (χ0) is 12.9. The predicted molar refractivity (Wildman–Crippen MR) is 72.1 cm³/mol. The molecule has 0 saturated carbocycles. The largest absolute Gasteiger partial charge is 0.449 e. The summed E-state index contributed by atoms with van der Waals surface area (Å²) in [4.78, 5) is 11.4. The molecular weight excluding hydrogens is 282 g/mol. The summed E-state index contributed by atoms with van der Waals surface area (Å²) in [5, 5.41) is 2.75. The smallest absolute Gasteiger partial charge is 0.407 e. The quantitative estimate of drug-likeness (QED) is 0.927. The molecule has 0 aliphatic rings. The molecule has 0 saturated heterocycles. The van der Waals surface area contributed by atoms with Gasteiger partial charge in [-0.25, -0.2) is 4.79 Å². The number of carbonyl (C=O) groups is 1. The first kappa shape index (κ1) is 14.0. The van der Waals surface area contributed by atoms with Gasteiger partial charge < -0.3 is 10.1 Å². The van der Waals surface area contributed by atoms with Gasteiger partial charge in [-0.1, -0.05) is 34.1 Å². The van der Waals surface area contributed by atoms with Crippen molar-refractivity contribution < 1.29 is 9.53 Å². The van der Waals surface area contributed by atoms with Gasteiger partial charge in [0.05, 0.1) is 6.61 Å². The maximum Gasteiger partial charge on any atom is 0.407 e. The molecule has 0 aliphatic carbocycles. The Bertz CT molecular complexity index is 385. The van der Waals surface area contributed by atoms with Crippen LogP contribution in [0.15, 0.2) is 28.7 Å². The topological polar surface area (TPSA) is 38.3 Å². The Hall–Kier alpha value is -1.03. The average molecular weight is 300 g/mol. The molecule has 1 amide bonds. The van der Waals surface area contributed by atoms with Crippen LogP contribution in [-0.2, 0) is 11.2 Å². The van der Waals surface area contributed by atoms with Crippen molar-refractivity contribution in [3.63, 3.8) is 0 Å². The molecule has 1 N–H and O–H groups in total. The van der Waals surface area contributed by atoms with E-state index in [1.54, 1.807) is 0 Å². The van der Waals surface area contributed by atoms with Crippen molar-refractivity contribution in [3.05, 3.63) is 34.3 Å². The predicted octanol–water partition coefficient (Wildman–Crippen LogP) is 3.52. The number of benzene rings is 1. The molecule has 17 heavy (non-hydrogen) atoms. The van der Waals surface area contributed by atoms with Gasteiger partial charge in [0, 0.05) is 16.4 Å². The standard InChI is InChI=1S/C13H18BrNO2/c1-13(2,3)15-12(16)17-9-8-10-6-4-5-7-11(10)14/h4-7H,8-9H2,1-3H3,(H,15,16). The van der Waals surface area contributed by atoms with Gasteiger partial charge in [0.15, 0.2) is 0 Å². The molecule has 0 aromatic heterocycles. The molecule has 1 rings (SSSR count). The van der Waals surface area contributed by atoms with Crippen LogP contribution in [0.3, 0.4) is 0 Å². The fraction of sp³-hybridized carbons (Fsp3) is 0.462. The van der Waals surface area contributed by atoms with E-state index in [9.17, 15) is 4.79 Å². The summed E-state index contributed by atoms with van der Waals surface area (Å²) in [5.74, 6) is 0. The highest BCUT2D eigenvalue weighted by atomic mass is 79.9. The first-order valence-corrected chi connectivity index (χ1v) is 6.36. The van der Waals surface area contributed by atoms with E-state index in [2.05, 4.69) is 21.2 Å². The van der Waals surface area contributed by atoms with Gasteiger partial charge in [-0.2, -0.15) is 0 Å². The number of ether oxygens (including phenoxy) is 1. The number of nitrogens with one attached hydrogen (secondary N) is 1. The lowest BCUT2D eigenvalue weighted by Gasteiger charge is -2.19. The molecule has 1 aromatic carbocycles. The van der Waals surface area contributed by atoms with Crippen molar-refractivity contribution in [1.82, 2.24) is 5.32 Å². The first-order valence-electron chi connectivity index (χ1n) is 5.57. The highest BCUT2D eigenvalue weighted by Gasteiger charge is 2.14. The summed E-state index contributed by atoms with van der Waals surface area (Å²) >= 11 is 3.46. The van der Waals surface area contributed by atoms with Crippen LogP contribution < -0.4 is 5.32 Å². The normalized spacial score (nSPS) is 11.1. The van der Waals surface area contributed by atoms with E-state index >= 15 is 0 Å². The first-order chi connectivity index (χ1) is 7.88. The minimum Gasteiger partial charge on any atom is -0.449 e. The number of amides is 1. The molecule has 3 nitrogen and oxygen atoms in total. The maximum absolute atomic E-state index is 11.4. The van der Waals surface area contributed by atoms with Gasteiger partial charge in [-0.15, -0.1) is 0 Å². The Morgan fingerprint density at radius 3 is 2.59 bits per heavy atom. The number of hydrogen-bond donors (Lipinski definition) is 1. The minimum absolute atomic E-state index is 0.260. The molecule has 0 bridgehead atoms.